The summed E-state index contributed by atoms with van der Waals surface area (Å²) in [6.45, 7) is 2.97. The molecule has 8 nitrogen and oxygen atoms in total. The number of esters is 1. The Bertz CT molecular complexity index is 745. The van der Waals surface area contributed by atoms with Crippen LogP contribution in [0.25, 0.3) is 0 Å². The van der Waals surface area contributed by atoms with Crippen molar-refractivity contribution >= 4 is 21.9 Å². The zero-order chi connectivity index (χ0) is 20.6. The summed E-state index contributed by atoms with van der Waals surface area (Å²) in [7, 11) is -2.03. The van der Waals surface area contributed by atoms with E-state index < -0.39 is 16.0 Å². The summed E-state index contributed by atoms with van der Waals surface area (Å²) in [4.78, 5) is 26.4. The maximum Gasteiger partial charge on any atom is 0.325 e. The van der Waals surface area contributed by atoms with Gasteiger partial charge in [-0.1, -0.05) is 18.2 Å². The molecule has 1 fully saturated rings. The van der Waals surface area contributed by atoms with E-state index in [9.17, 15) is 18.0 Å². The topological polar surface area (TPSA) is 93.2 Å². The summed E-state index contributed by atoms with van der Waals surface area (Å²) in [6, 6.07) is 8.28. The van der Waals surface area contributed by atoms with E-state index in [0.29, 0.717) is 19.4 Å². The zero-order valence-corrected chi connectivity index (χ0v) is 17.2. The second kappa shape index (κ2) is 10.5. The Hall–Kier alpha value is -1.97. The van der Waals surface area contributed by atoms with Gasteiger partial charge < -0.3 is 14.4 Å². The molecule has 0 N–H and O–H groups in total. The summed E-state index contributed by atoms with van der Waals surface area (Å²) < 4.78 is 36.8. The van der Waals surface area contributed by atoms with Crippen molar-refractivity contribution < 1.29 is 27.5 Å². The van der Waals surface area contributed by atoms with Crippen molar-refractivity contribution in [2.75, 3.05) is 46.5 Å². The number of nitrogens with zero attached hydrogens (tertiary/aromatic N) is 2. The van der Waals surface area contributed by atoms with Gasteiger partial charge in [0.15, 0.2) is 0 Å². The van der Waals surface area contributed by atoms with E-state index in [0.717, 1.165) is 0 Å². The number of hydrogen-bond donors (Lipinski definition) is 0. The number of sulfonamides is 1. The van der Waals surface area contributed by atoms with Gasteiger partial charge in [-0.05, 0) is 31.9 Å². The highest BCUT2D eigenvalue weighted by Gasteiger charge is 2.34. The number of methoxy groups -OCH3 is 1. The monoisotopic (exact) mass is 412 g/mol. The number of carbonyl (C=O) groups excluding carboxylic acids is 2. The van der Waals surface area contributed by atoms with E-state index >= 15 is 0 Å². The highest BCUT2D eigenvalue weighted by atomic mass is 32.2. The smallest absolute Gasteiger partial charge is 0.325 e. The quantitative estimate of drug-likeness (QED) is 0.565. The van der Waals surface area contributed by atoms with Gasteiger partial charge in [-0.2, -0.15) is 4.31 Å². The first-order valence-electron chi connectivity index (χ1n) is 9.38. The summed E-state index contributed by atoms with van der Waals surface area (Å²) in [5, 5.41) is 0. The van der Waals surface area contributed by atoms with Crippen LogP contribution in [0.1, 0.15) is 19.8 Å². The predicted octanol–water partition coefficient (Wildman–Crippen LogP) is 1.13. The average Bonchev–Trinajstić information content (AvgIpc) is 2.71. The molecular weight excluding hydrogens is 384 g/mol. The van der Waals surface area contributed by atoms with Crippen molar-refractivity contribution in [1.82, 2.24) is 9.21 Å². The third-order valence-electron chi connectivity index (χ3n) is 4.69. The van der Waals surface area contributed by atoms with Crippen LogP contribution in [0.4, 0.5) is 0 Å². The van der Waals surface area contributed by atoms with Crippen molar-refractivity contribution in [1.29, 1.82) is 0 Å². The molecule has 0 aliphatic carbocycles. The molecule has 1 amide bonds. The van der Waals surface area contributed by atoms with Gasteiger partial charge in [-0.15, -0.1) is 0 Å². The molecule has 0 atom stereocenters. The van der Waals surface area contributed by atoms with E-state index in [-0.39, 0.29) is 49.5 Å². The van der Waals surface area contributed by atoms with Gasteiger partial charge >= 0.3 is 5.97 Å². The highest BCUT2D eigenvalue weighted by molar-refractivity contribution is 7.89. The van der Waals surface area contributed by atoms with Gasteiger partial charge in [0.1, 0.15) is 6.54 Å². The molecule has 1 aliphatic heterocycles. The predicted molar refractivity (Wildman–Crippen MR) is 103 cm³/mol. The van der Waals surface area contributed by atoms with E-state index in [4.69, 9.17) is 9.47 Å². The lowest BCUT2D eigenvalue weighted by molar-refractivity contribution is -0.151. The Morgan fingerprint density at radius 2 is 1.82 bits per heavy atom. The summed E-state index contributed by atoms with van der Waals surface area (Å²) in [6.07, 6.45) is 0.828. The Balaban J connectivity index is 1.99. The molecule has 0 radical (unpaired) electrons. The molecule has 0 saturated carbocycles. The number of ether oxygens (including phenoxy) is 2. The minimum Gasteiger partial charge on any atom is -0.465 e. The molecule has 0 spiro atoms. The van der Waals surface area contributed by atoms with Gasteiger partial charge in [0.05, 0.1) is 18.1 Å². The second-order valence-electron chi connectivity index (χ2n) is 6.55. The standard InChI is InChI=1S/C19H28N2O6S/c1-3-27-18(22)15-20(13-14-26-2)19(23)16-9-11-21(12-10-16)28(24,25)17-7-5-4-6-8-17/h4-8,16H,3,9-15H2,1-2H3. The fraction of sp³-hybridized carbons (Fsp3) is 0.579. The summed E-state index contributed by atoms with van der Waals surface area (Å²) in [5.41, 5.74) is 0. The van der Waals surface area contributed by atoms with E-state index in [1.54, 1.807) is 37.3 Å². The van der Waals surface area contributed by atoms with Crippen molar-refractivity contribution in [3.05, 3.63) is 30.3 Å². The molecule has 28 heavy (non-hydrogen) atoms. The lowest BCUT2D eigenvalue weighted by atomic mass is 9.96. The lowest BCUT2D eigenvalue weighted by Gasteiger charge is -2.33. The fourth-order valence-corrected chi connectivity index (χ4v) is 4.66. The molecule has 0 aromatic heterocycles. The first-order chi connectivity index (χ1) is 13.4. The van der Waals surface area contributed by atoms with Crippen LogP contribution < -0.4 is 0 Å². The van der Waals surface area contributed by atoms with E-state index in [2.05, 4.69) is 0 Å². The van der Waals surface area contributed by atoms with Crippen LogP contribution in [-0.2, 0) is 29.1 Å². The molecule has 0 bridgehead atoms. The van der Waals surface area contributed by atoms with Crippen LogP contribution in [-0.4, -0.2) is 76.0 Å². The van der Waals surface area contributed by atoms with Crippen LogP contribution in [0, 0.1) is 5.92 Å². The molecular formula is C19H28N2O6S. The first kappa shape index (κ1) is 22.3. The average molecular weight is 413 g/mol. The normalized spacial score (nSPS) is 15.9. The Morgan fingerprint density at radius 3 is 2.39 bits per heavy atom. The highest BCUT2D eigenvalue weighted by Crippen LogP contribution is 2.25. The van der Waals surface area contributed by atoms with Crippen molar-refractivity contribution in [2.24, 2.45) is 5.92 Å². The summed E-state index contributed by atoms with van der Waals surface area (Å²) in [5.74, 6) is -0.952. The fourth-order valence-electron chi connectivity index (χ4n) is 3.17. The van der Waals surface area contributed by atoms with Gasteiger partial charge in [-0.3, -0.25) is 9.59 Å². The van der Waals surface area contributed by atoms with Crippen LogP contribution in [0.15, 0.2) is 35.2 Å². The van der Waals surface area contributed by atoms with Crippen molar-refractivity contribution in [3.63, 3.8) is 0 Å². The molecule has 1 saturated heterocycles. The lowest BCUT2D eigenvalue weighted by Crippen LogP contribution is -2.46. The largest absolute Gasteiger partial charge is 0.465 e. The van der Waals surface area contributed by atoms with Crippen LogP contribution in [0.2, 0.25) is 0 Å². The van der Waals surface area contributed by atoms with Crippen molar-refractivity contribution in [3.8, 4) is 0 Å². The number of amides is 1. The number of benzene rings is 1. The maximum absolute atomic E-state index is 12.9. The van der Waals surface area contributed by atoms with E-state index in [1.165, 1.54) is 16.3 Å². The Labute approximate surface area is 166 Å². The van der Waals surface area contributed by atoms with Gasteiger partial charge in [0.2, 0.25) is 15.9 Å². The van der Waals surface area contributed by atoms with Crippen molar-refractivity contribution in [2.45, 2.75) is 24.7 Å². The Kier molecular flexibility index (Phi) is 8.40. The SMILES string of the molecule is CCOC(=O)CN(CCOC)C(=O)C1CCN(S(=O)(=O)c2ccccc2)CC1. The number of carbonyl (C=O) groups is 2. The molecule has 156 valence electrons. The third-order valence-corrected chi connectivity index (χ3v) is 6.60. The molecule has 1 aromatic rings. The minimum atomic E-state index is -3.56. The van der Waals surface area contributed by atoms with Crippen LogP contribution >= 0.6 is 0 Å². The minimum absolute atomic E-state index is 0.126. The summed E-state index contributed by atoms with van der Waals surface area (Å²) >= 11 is 0. The molecule has 1 heterocycles. The molecule has 0 unspecified atom stereocenters. The van der Waals surface area contributed by atoms with Gasteiger partial charge in [-0.25, -0.2) is 8.42 Å². The van der Waals surface area contributed by atoms with Gasteiger partial charge in [0, 0.05) is 32.7 Å². The first-order valence-corrected chi connectivity index (χ1v) is 10.8. The zero-order valence-electron chi connectivity index (χ0n) is 16.4. The maximum atomic E-state index is 12.9. The van der Waals surface area contributed by atoms with Crippen LogP contribution in [0.5, 0.6) is 0 Å². The molecule has 1 aliphatic rings. The third kappa shape index (κ3) is 5.76. The molecule has 1 aromatic carbocycles. The molecule has 9 heteroatoms. The van der Waals surface area contributed by atoms with E-state index in [1.807, 2.05) is 0 Å². The Morgan fingerprint density at radius 1 is 1.18 bits per heavy atom. The molecule has 2 rings (SSSR count). The number of hydrogen-bond acceptors (Lipinski definition) is 6. The number of piperidine rings is 1. The number of rotatable bonds is 9. The second-order valence-corrected chi connectivity index (χ2v) is 8.49. The van der Waals surface area contributed by atoms with Gasteiger partial charge in [0.25, 0.3) is 0 Å². The van der Waals surface area contributed by atoms with Crippen LogP contribution in [0.3, 0.4) is 0 Å².